The number of furan rings is 1. The Balaban J connectivity index is 1.10. The summed E-state index contributed by atoms with van der Waals surface area (Å²) in [6.45, 7) is 0. The lowest BCUT2D eigenvalue weighted by molar-refractivity contribution is 0.669. The zero-order valence-corrected chi connectivity index (χ0v) is 30.7. The van der Waals surface area contributed by atoms with E-state index in [4.69, 9.17) is 4.42 Å². The molecule has 0 fully saturated rings. The van der Waals surface area contributed by atoms with Crippen molar-refractivity contribution in [2.24, 2.45) is 0 Å². The molecule has 0 N–H and O–H groups in total. The molecule has 0 aliphatic rings. The third-order valence-electron chi connectivity index (χ3n) is 10.7. The van der Waals surface area contributed by atoms with E-state index in [0.29, 0.717) is 0 Å². The second-order valence-electron chi connectivity index (χ2n) is 14.1. The highest BCUT2D eigenvalue weighted by molar-refractivity contribution is 6.06. The second-order valence-corrected chi connectivity index (χ2v) is 14.1. The monoisotopic (exact) mass is 715 g/mol. The molecular weight excluding hydrogens is 679 g/mol. The van der Waals surface area contributed by atoms with Crippen molar-refractivity contribution in [1.29, 1.82) is 0 Å². The molecule has 10 rings (SSSR count). The molecule has 2 heteroatoms. The molecule has 0 saturated carbocycles. The molecule has 0 unspecified atom stereocenters. The molecule has 0 aliphatic heterocycles. The van der Waals surface area contributed by atoms with Gasteiger partial charge in [-0.05, 0) is 98.6 Å². The second kappa shape index (κ2) is 14.4. The fourth-order valence-electron chi connectivity index (χ4n) is 8.01. The van der Waals surface area contributed by atoms with Crippen molar-refractivity contribution in [3.05, 3.63) is 224 Å². The number of fused-ring (bicyclic) bond motifs is 3. The van der Waals surface area contributed by atoms with Crippen molar-refractivity contribution in [2.45, 2.75) is 0 Å². The first-order valence-electron chi connectivity index (χ1n) is 19.1. The summed E-state index contributed by atoms with van der Waals surface area (Å²) >= 11 is 0. The van der Waals surface area contributed by atoms with Crippen LogP contribution in [0.5, 0.6) is 0 Å². The quantitative estimate of drug-likeness (QED) is 0.156. The minimum atomic E-state index is 0.898. The van der Waals surface area contributed by atoms with Crippen LogP contribution in [0.4, 0.5) is 17.1 Å². The Kier molecular flexibility index (Phi) is 8.55. The number of hydrogen-bond acceptors (Lipinski definition) is 2. The topological polar surface area (TPSA) is 16.4 Å². The third kappa shape index (κ3) is 6.14. The normalized spacial score (nSPS) is 11.2. The number of nitrogens with zero attached hydrogens (tertiary/aromatic N) is 1. The van der Waals surface area contributed by atoms with Gasteiger partial charge in [0.25, 0.3) is 0 Å². The average molecular weight is 716 g/mol. The van der Waals surface area contributed by atoms with Gasteiger partial charge in [-0.15, -0.1) is 0 Å². The van der Waals surface area contributed by atoms with Crippen LogP contribution in [0, 0.1) is 0 Å². The summed E-state index contributed by atoms with van der Waals surface area (Å²) in [5.41, 5.74) is 16.8. The molecule has 0 radical (unpaired) electrons. The minimum Gasteiger partial charge on any atom is -0.456 e. The van der Waals surface area contributed by atoms with E-state index >= 15 is 0 Å². The molecule has 10 aromatic rings. The Morgan fingerprint density at radius 3 is 1.36 bits per heavy atom. The van der Waals surface area contributed by atoms with Crippen molar-refractivity contribution in [2.75, 3.05) is 4.90 Å². The molecule has 9 aromatic carbocycles. The smallest absolute Gasteiger partial charge is 0.136 e. The van der Waals surface area contributed by atoms with Crippen LogP contribution in [0.1, 0.15) is 0 Å². The predicted molar refractivity (Wildman–Crippen MR) is 236 cm³/mol. The van der Waals surface area contributed by atoms with Gasteiger partial charge >= 0.3 is 0 Å². The van der Waals surface area contributed by atoms with E-state index in [-0.39, 0.29) is 0 Å². The SMILES string of the molecule is c1ccc(-c2ccc(N(c3ccc(-c4ccc5c(c4)oc4ccccc45)cc3)c3ccccc3-c3ccccc3-c3ccccc3-c3ccccc3)cc2)cc1. The van der Waals surface area contributed by atoms with Crippen LogP contribution in [-0.4, -0.2) is 0 Å². The maximum atomic E-state index is 6.25. The van der Waals surface area contributed by atoms with E-state index in [1.54, 1.807) is 0 Å². The molecule has 0 saturated heterocycles. The Hall–Kier alpha value is -7.42. The Morgan fingerprint density at radius 1 is 0.268 bits per heavy atom. The zero-order chi connectivity index (χ0) is 37.3. The van der Waals surface area contributed by atoms with Gasteiger partial charge in [0.1, 0.15) is 11.2 Å². The van der Waals surface area contributed by atoms with Crippen LogP contribution in [-0.2, 0) is 0 Å². The molecule has 0 spiro atoms. The highest BCUT2D eigenvalue weighted by Crippen LogP contribution is 2.45. The molecule has 0 bridgehead atoms. The Morgan fingerprint density at radius 2 is 0.696 bits per heavy atom. The van der Waals surface area contributed by atoms with E-state index < -0.39 is 0 Å². The fraction of sp³-hybridized carbons (Fsp3) is 0. The molecular formula is C54H37NO. The standard InChI is InChI=1S/C54H37NO/c1-3-15-38(16-4-1)39-27-32-43(33-28-39)55(44-34-29-40(30-35-44)42-31-36-51-50-24-12-14-26-53(50)56-54(51)37-42)52-25-13-11-23-49(52)48-22-10-9-21-47(48)46-20-8-7-19-45(46)41-17-5-2-6-18-41/h1-37H. The van der Waals surface area contributed by atoms with Crippen molar-refractivity contribution >= 4 is 39.0 Å². The van der Waals surface area contributed by atoms with Gasteiger partial charge in [-0.3, -0.25) is 0 Å². The van der Waals surface area contributed by atoms with Crippen LogP contribution >= 0.6 is 0 Å². The van der Waals surface area contributed by atoms with E-state index in [1.807, 2.05) is 12.1 Å². The molecule has 0 aliphatic carbocycles. The average Bonchev–Trinajstić information content (AvgIpc) is 3.66. The highest BCUT2D eigenvalue weighted by Gasteiger charge is 2.20. The summed E-state index contributed by atoms with van der Waals surface area (Å²) in [6.07, 6.45) is 0. The molecule has 2 nitrogen and oxygen atoms in total. The van der Waals surface area contributed by atoms with E-state index in [9.17, 15) is 0 Å². The van der Waals surface area contributed by atoms with Crippen molar-refractivity contribution in [3.63, 3.8) is 0 Å². The van der Waals surface area contributed by atoms with Crippen LogP contribution in [0.3, 0.4) is 0 Å². The minimum absolute atomic E-state index is 0.898. The van der Waals surface area contributed by atoms with Gasteiger partial charge in [0.05, 0.1) is 5.69 Å². The summed E-state index contributed by atoms with van der Waals surface area (Å²) in [7, 11) is 0. The van der Waals surface area contributed by atoms with Gasteiger partial charge in [0, 0.05) is 27.7 Å². The lowest BCUT2D eigenvalue weighted by Crippen LogP contribution is -2.11. The first kappa shape index (κ1) is 33.2. The number of para-hydroxylation sites is 2. The lowest BCUT2D eigenvalue weighted by atomic mass is 9.88. The van der Waals surface area contributed by atoms with Crippen LogP contribution in [0.2, 0.25) is 0 Å². The molecule has 1 heterocycles. The number of benzene rings is 9. The van der Waals surface area contributed by atoms with Crippen molar-refractivity contribution in [1.82, 2.24) is 0 Å². The van der Waals surface area contributed by atoms with Gasteiger partial charge in [-0.1, -0.05) is 176 Å². The first-order valence-corrected chi connectivity index (χ1v) is 19.1. The van der Waals surface area contributed by atoms with Gasteiger partial charge in [-0.2, -0.15) is 0 Å². The first-order chi connectivity index (χ1) is 27.8. The number of hydrogen-bond donors (Lipinski definition) is 0. The van der Waals surface area contributed by atoms with Crippen LogP contribution < -0.4 is 4.90 Å². The zero-order valence-electron chi connectivity index (χ0n) is 30.7. The lowest BCUT2D eigenvalue weighted by Gasteiger charge is -2.29. The number of rotatable bonds is 8. The summed E-state index contributed by atoms with van der Waals surface area (Å²) in [5, 5.41) is 2.27. The Labute approximate surface area is 327 Å². The molecule has 56 heavy (non-hydrogen) atoms. The van der Waals surface area contributed by atoms with Crippen molar-refractivity contribution in [3.8, 4) is 55.6 Å². The van der Waals surface area contributed by atoms with Gasteiger partial charge in [-0.25, -0.2) is 0 Å². The summed E-state index contributed by atoms with van der Waals surface area (Å²) in [6, 6.07) is 80.1. The van der Waals surface area contributed by atoms with E-state index in [0.717, 1.165) is 55.7 Å². The predicted octanol–water partition coefficient (Wildman–Crippen LogP) is 15.4. The fourth-order valence-corrected chi connectivity index (χ4v) is 8.01. The van der Waals surface area contributed by atoms with Crippen molar-refractivity contribution < 1.29 is 4.42 Å². The van der Waals surface area contributed by atoms with Gasteiger partial charge in [0.2, 0.25) is 0 Å². The van der Waals surface area contributed by atoms with Gasteiger partial charge in [0.15, 0.2) is 0 Å². The molecule has 0 atom stereocenters. The maximum absolute atomic E-state index is 6.25. The highest BCUT2D eigenvalue weighted by atomic mass is 16.3. The third-order valence-corrected chi connectivity index (χ3v) is 10.7. The summed E-state index contributed by atoms with van der Waals surface area (Å²) in [5.74, 6) is 0. The van der Waals surface area contributed by atoms with Crippen LogP contribution in [0.15, 0.2) is 229 Å². The Bertz CT molecular complexity index is 2940. The van der Waals surface area contributed by atoms with Gasteiger partial charge < -0.3 is 9.32 Å². The number of anilines is 3. The molecule has 264 valence electrons. The molecule has 1 aromatic heterocycles. The largest absolute Gasteiger partial charge is 0.456 e. The summed E-state index contributed by atoms with van der Waals surface area (Å²) in [4.78, 5) is 2.39. The van der Waals surface area contributed by atoms with E-state index in [1.165, 1.54) is 38.9 Å². The molecule has 0 amide bonds. The maximum Gasteiger partial charge on any atom is 0.136 e. The van der Waals surface area contributed by atoms with E-state index in [2.05, 4.69) is 217 Å². The summed E-state index contributed by atoms with van der Waals surface area (Å²) < 4.78 is 6.25. The van der Waals surface area contributed by atoms with Crippen LogP contribution in [0.25, 0.3) is 77.6 Å².